The molecule has 1 aliphatic rings. The summed E-state index contributed by atoms with van der Waals surface area (Å²) in [7, 11) is 1.60. The molecule has 0 saturated carbocycles. The van der Waals surface area contributed by atoms with Gasteiger partial charge in [0.25, 0.3) is 5.91 Å². The fourth-order valence-electron chi connectivity index (χ4n) is 3.25. The summed E-state index contributed by atoms with van der Waals surface area (Å²) in [5.74, 6) is 2.17. The molecule has 0 saturated heterocycles. The van der Waals surface area contributed by atoms with Gasteiger partial charge >= 0.3 is 0 Å². The number of fused-ring (bicyclic) bond motifs is 1. The Hall–Kier alpha value is -2.71. The summed E-state index contributed by atoms with van der Waals surface area (Å²) in [4.78, 5) is 16.6. The number of carbonyl (C=O) groups is 1. The molecule has 1 aromatic carbocycles. The third kappa shape index (κ3) is 3.53. The number of hydrogen-bond acceptors (Lipinski definition) is 6. The van der Waals surface area contributed by atoms with Crippen LogP contribution in [-0.4, -0.2) is 45.8 Å². The summed E-state index contributed by atoms with van der Waals surface area (Å²) >= 11 is 1.46. The van der Waals surface area contributed by atoms with E-state index in [0.717, 1.165) is 22.1 Å². The number of aromatic nitrogens is 3. The number of nitrogens with zero attached hydrogens (tertiary/aromatic N) is 4. The molecule has 0 radical (unpaired) electrons. The summed E-state index contributed by atoms with van der Waals surface area (Å²) < 4.78 is 13.0. The average molecular weight is 398 g/mol. The molecule has 0 spiro atoms. The molecule has 146 valence electrons. The number of methoxy groups -OCH3 is 1. The fourth-order valence-corrected chi connectivity index (χ4v) is 4.35. The predicted octanol–water partition coefficient (Wildman–Crippen LogP) is 3.21. The van der Waals surface area contributed by atoms with Gasteiger partial charge in [-0.3, -0.25) is 4.79 Å². The Morgan fingerprint density at radius 2 is 2.04 bits per heavy atom. The maximum absolute atomic E-state index is 13.2. The molecule has 0 bridgehead atoms. The van der Waals surface area contributed by atoms with Crippen molar-refractivity contribution in [2.24, 2.45) is 0 Å². The first-order valence-electron chi connectivity index (χ1n) is 9.22. The Morgan fingerprint density at radius 3 is 2.79 bits per heavy atom. The van der Waals surface area contributed by atoms with Crippen molar-refractivity contribution in [3.63, 3.8) is 0 Å². The Bertz CT molecular complexity index is 967. The van der Waals surface area contributed by atoms with Crippen molar-refractivity contribution in [1.29, 1.82) is 0 Å². The van der Waals surface area contributed by atoms with Gasteiger partial charge in [0.15, 0.2) is 11.6 Å². The average Bonchev–Trinajstić information content (AvgIpc) is 3.36. The molecule has 2 aromatic heterocycles. The lowest BCUT2D eigenvalue weighted by molar-refractivity contribution is 0.0703. The molecule has 3 aromatic rings. The highest BCUT2D eigenvalue weighted by Gasteiger charge is 2.28. The molecular weight excluding hydrogens is 376 g/mol. The van der Waals surface area contributed by atoms with Gasteiger partial charge in [0, 0.05) is 24.6 Å². The summed E-state index contributed by atoms with van der Waals surface area (Å²) in [6.45, 7) is 4.72. The van der Waals surface area contributed by atoms with E-state index in [1.807, 2.05) is 47.9 Å². The largest absolute Gasteiger partial charge is 0.495 e. The third-order valence-corrected chi connectivity index (χ3v) is 5.88. The van der Waals surface area contributed by atoms with E-state index in [0.29, 0.717) is 43.5 Å². The van der Waals surface area contributed by atoms with Gasteiger partial charge in [-0.25, -0.2) is 0 Å². The van der Waals surface area contributed by atoms with Crippen LogP contribution in [0.4, 0.5) is 0 Å². The number of amides is 1. The van der Waals surface area contributed by atoms with Gasteiger partial charge < -0.3 is 18.9 Å². The van der Waals surface area contributed by atoms with Crippen LogP contribution in [-0.2, 0) is 24.4 Å². The third-order valence-electron chi connectivity index (χ3n) is 4.72. The first-order valence-corrected chi connectivity index (χ1v) is 10.0. The molecule has 0 N–H and O–H groups in total. The first kappa shape index (κ1) is 18.6. The van der Waals surface area contributed by atoms with E-state index in [1.165, 1.54) is 11.3 Å². The number of hydrogen-bond donors (Lipinski definition) is 0. The van der Waals surface area contributed by atoms with E-state index in [2.05, 4.69) is 10.2 Å². The van der Waals surface area contributed by atoms with Crippen LogP contribution in [0, 0.1) is 0 Å². The molecule has 1 amide bonds. The van der Waals surface area contributed by atoms with Crippen LogP contribution in [0.5, 0.6) is 5.75 Å². The fraction of sp³-hybridized carbons (Fsp3) is 0.350. The second kappa shape index (κ2) is 8.12. The zero-order valence-corrected chi connectivity index (χ0v) is 16.7. The smallest absolute Gasteiger partial charge is 0.268 e. The molecule has 1 aliphatic heterocycles. The molecular formula is C20H22N4O3S. The zero-order valence-electron chi connectivity index (χ0n) is 15.9. The Morgan fingerprint density at radius 1 is 1.21 bits per heavy atom. The van der Waals surface area contributed by atoms with Crippen LogP contribution >= 0.6 is 11.3 Å². The summed E-state index contributed by atoms with van der Waals surface area (Å²) in [5, 5.41) is 8.45. The van der Waals surface area contributed by atoms with Crippen molar-refractivity contribution in [2.75, 3.05) is 20.3 Å². The van der Waals surface area contributed by atoms with E-state index < -0.39 is 0 Å². The highest BCUT2D eigenvalue weighted by Crippen LogP contribution is 2.37. The number of rotatable bonds is 6. The normalized spacial score (nSPS) is 13.4. The molecule has 8 heteroatoms. The van der Waals surface area contributed by atoms with Crippen LogP contribution in [0.3, 0.4) is 0 Å². The van der Waals surface area contributed by atoms with Crippen molar-refractivity contribution in [3.05, 3.63) is 52.9 Å². The summed E-state index contributed by atoms with van der Waals surface area (Å²) in [6, 6.07) is 11.9. The maximum atomic E-state index is 13.2. The van der Waals surface area contributed by atoms with Crippen LogP contribution in [0.25, 0.3) is 10.4 Å². The van der Waals surface area contributed by atoms with Crippen LogP contribution in [0.15, 0.2) is 36.4 Å². The monoisotopic (exact) mass is 398 g/mol. The topological polar surface area (TPSA) is 69.5 Å². The minimum Gasteiger partial charge on any atom is -0.495 e. The van der Waals surface area contributed by atoms with Crippen molar-refractivity contribution in [3.8, 4) is 16.2 Å². The Kier molecular flexibility index (Phi) is 5.40. The SMILES string of the molecule is CCOCc1nnc2n1CCN(C(=O)c1sc(-c3ccccc3)cc1OC)C2. The second-order valence-corrected chi connectivity index (χ2v) is 7.47. The quantitative estimate of drug-likeness (QED) is 0.638. The summed E-state index contributed by atoms with van der Waals surface area (Å²) in [5.41, 5.74) is 1.07. The van der Waals surface area contributed by atoms with Gasteiger partial charge in [-0.1, -0.05) is 30.3 Å². The van der Waals surface area contributed by atoms with Gasteiger partial charge in [0.1, 0.15) is 17.2 Å². The number of ether oxygens (including phenoxy) is 2. The minimum absolute atomic E-state index is 0.0374. The first-order chi connectivity index (χ1) is 13.7. The standard InChI is InChI=1S/C20H22N4O3S/c1-3-27-13-18-22-21-17-12-23(9-10-24(17)18)20(25)19-15(26-2)11-16(28-19)14-7-5-4-6-8-14/h4-8,11H,3,9-10,12-13H2,1-2H3. The Balaban J connectivity index is 1.55. The summed E-state index contributed by atoms with van der Waals surface area (Å²) in [6.07, 6.45) is 0. The Labute approximate surface area is 167 Å². The predicted molar refractivity (Wildman–Crippen MR) is 106 cm³/mol. The second-order valence-electron chi connectivity index (χ2n) is 6.42. The molecule has 0 unspecified atom stereocenters. The lowest BCUT2D eigenvalue weighted by Crippen LogP contribution is -2.38. The van der Waals surface area contributed by atoms with Crippen molar-refractivity contribution < 1.29 is 14.3 Å². The molecule has 28 heavy (non-hydrogen) atoms. The number of benzene rings is 1. The van der Waals surface area contributed by atoms with Gasteiger partial charge in [-0.05, 0) is 18.6 Å². The molecule has 4 rings (SSSR count). The number of carbonyl (C=O) groups excluding carboxylic acids is 1. The highest BCUT2D eigenvalue weighted by atomic mass is 32.1. The van der Waals surface area contributed by atoms with Crippen LogP contribution in [0.1, 0.15) is 28.2 Å². The van der Waals surface area contributed by atoms with Crippen molar-refractivity contribution in [2.45, 2.75) is 26.6 Å². The highest BCUT2D eigenvalue weighted by molar-refractivity contribution is 7.17. The molecule has 0 atom stereocenters. The van der Waals surface area contributed by atoms with Gasteiger partial charge in [-0.2, -0.15) is 0 Å². The molecule has 0 aliphatic carbocycles. The van der Waals surface area contributed by atoms with E-state index in [4.69, 9.17) is 9.47 Å². The lowest BCUT2D eigenvalue weighted by atomic mass is 10.2. The van der Waals surface area contributed by atoms with Gasteiger partial charge in [-0.15, -0.1) is 21.5 Å². The molecule has 3 heterocycles. The molecule has 7 nitrogen and oxygen atoms in total. The van der Waals surface area contributed by atoms with E-state index in [9.17, 15) is 4.79 Å². The lowest BCUT2D eigenvalue weighted by Gasteiger charge is -2.27. The van der Waals surface area contributed by atoms with Crippen molar-refractivity contribution in [1.82, 2.24) is 19.7 Å². The maximum Gasteiger partial charge on any atom is 0.268 e. The van der Waals surface area contributed by atoms with Crippen molar-refractivity contribution >= 4 is 17.2 Å². The zero-order chi connectivity index (χ0) is 19.5. The van der Waals surface area contributed by atoms with E-state index in [1.54, 1.807) is 12.0 Å². The van der Waals surface area contributed by atoms with Gasteiger partial charge in [0.05, 0.1) is 13.7 Å². The number of thiophene rings is 1. The molecule has 0 fully saturated rings. The van der Waals surface area contributed by atoms with Crippen LogP contribution in [0.2, 0.25) is 0 Å². The van der Waals surface area contributed by atoms with Gasteiger partial charge in [0.2, 0.25) is 0 Å². The minimum atomic E-state index is -0.0374. The van der Waals surface area contributed by atoms with E-state index in [-0.39, 0.29) is 5.91 Å². The van der Waals surface area contributed by atoms with Crippen LogP contribution < -0.4 is 4.74 Å². The van der Waals surface area contributed by atoms with E-state index >= 15 is 0 Å².